The van der Waals surface area contributed by atoms with E-state index in [4.69, 9.17) is 5.26 Å². The van der Waals surface area contributed by atoms with Crippen molar-refractivity contribution in [2.24, 2.45) is 0 Å². The first-order chi connectivity index (χ1) is 8.29. The van der Waals surface area contributed by atoms with Crippen LogP contribution in [0.3, 0.4) is 0 Å². The maximum atomic E-state index is 8.96. The zero-order valence-corrected chi connectivity index (χ0v) is 10.6. The Morgan fingerprint density at radius 1 is 1.24 bits per heavy atom. The van der Waals surface area contributed by atoms with Gasteiger partial charge in [-0.25, -0.2) is 4.98 Å². The Kier molecular flexibility index (Phi) is 3.73. The lowest BCUT2D eigenvalue weighted by atomic mass is 10.1. The third-order valence-corrected chi connectivity index (χ3v) is 2.82. The first kappa shape index (κ1) is 11.6. The van der Waals surface area contributed by atoms with E-state index >= 15 is 0 Å². The van der Waals surface area contributed by atoms with E-state index in [2.05, 4.69) is 32.3 Å². The minimum atomic E-state index is 0.618. The van der Waals surface area contributed by atoms with Gasteiger partial charge in [0.1, 0.15) is 4.60 Å². The molecule has 0 amide bonds. The zero-order valence-electron chi connectivity index (χ0n) is 9.02. The Bertz CT molecular complexity index is 543. The standard InChI is InChI=1S/C13H10BrN3/c14-13-6-5-12(9-17-13)16-8-11-4-2-1-3-10(11)7-15/h1-6,9,16H,8H2. The summed E-state index contributed by atoms with van der Waals surface area (Å²) in [4.78, 5) is 4.12. The molecule has 0 bridgehead atoms. The molecule has 17 heavy (non-hydrogen) atoms. The molecular weight excluding hydrogens is 278 g/mol. The molecule has 1 aromatic carbocycles. The highest BCUT2D eigenvalue weighted by Crippen LogP contribution is 2.13. The van der Waals surface area contributed by atoms with Crippen molar-refractivity contribution in [1.29, 1.82) is 5.26 Å². The first-order valence-corrected chi connectivity index (χ1v) is 5.92. The molecule has 0 atom stereocenters. The number of rotatable bonds is 3. The van der Waals surface area contributed by atoms with Crippen molar-refractivity contribution in [3.05, 3.63) is 58.3 Å². The van der Waals surface area contributed by atoms with E-state index in [9.17, 15) is 0 Å². The maximum absolute atomic E-state index is 8.96. The summed E-state index contributed by atoms with van der Waals surface area (Å²) >= 11 is 3.28. The number of benzene rings is 1. The molecule has 1 heterocycles. The van der Waals surface area contributed by atoms with Crippen molar-refractivity contribution in [1.82, 2.24) is 4.98 Å². The molecule has 2 aromatic rings. The normalized spacial score (nSPS) is 9.65. The van der Waals surface area contributed by atoms with Crippen LogP contribution in [0, 0.1) is 11.3 Å². The van der Waals surface area contributed by atoms with E-state index < -0.39 is 0 Å². The van der Waals surface area contributed by atoms with Crippen molar-refractivity contribution in [3.8, 4) is 6.07 Å². The minimum Gasteiger partial charge on any atom is -0.380 e. The second-order valence-corrected chi connectivity index (χ2v) is 4.30. The zero-order chi connectivity index (χ0) is 12.1. The van der Waals surface area contributed by atoms with Gasteiger partial charge in [-0.05, 0) is 39.7 Å². The molecule has 1 aromatic heterocycles. The maximum Gasteiger partial charge on any atom is 0.106 e. The fraction of sp³-hybridized carbons (Fsp3) is 0.0769. The Morgan fingerprint density at radius 3 is 2.76 bits per heavy atom. The molecule has 0 aliphatic rings. The number of aromatic nitrogens is 1. The van der Waals surface area contributed by atoms with Crippen LogP contribution in [0.4, 0.5) is 5.69 Å². The first-order valence-electron chi connectivity index (χ1n) is 5.13. The van der Waals surface area contributed by atoms with Gasteiger partial charge in [-0.2, -0.15) is 5.26 Å². The monoisotopic (exact) mass is 287 g/mol. The molecule has 0 aliphatic carbocycles. The molecule has 0 aliphatic heterocycles. The van der Waals surface area contributed by atoms with E-state index in [0.29, 0.717) is 12.1 Å². The van der Waals surface area contributed by atoms with E-state index in [1.165, 1.54) is 0 Å². The third kappa shape index (κ3) is 3.05. The Hall–Kier alpha value is -1.86. The average molecular weight is 288 g/mol. The lowest BCUT2D eigenvalue weighted by molar-refractivity contribution is 1.12. The molecule has 0 radical (unpaired) electrons. The Balaban J connectivity index is 2.08. The SMILES string of the molecule is N#Cc1ccccc1CNc1ccc(Br)nc1. The number of nitrogens with one attached hydrogen (secondary N) is 1. The highest BCUT2D eigenvalue weighted by atomic mass is 79.9. The second-order valence-electron chi connectivity index (χ2n) is 3.49. The highest BCUT2D eigenvalue weighted by Gasteiger charge is 2.00. The van der Waals surface area contributed by atoms with Gasteiger partial charge in [-0.3, -0.25) is 0 Å². The fourth-order valence-corrected chi connectivity index (χ4v) is 1.70. The largest absolute Gasteiger partial charge is 0.380 e. The summed E-state index contributed by atoms with van der Waals surface area (Å²) in [6, 6.07) is 13.5. The topological polar surface area (TPSA) is 48.7 Å². The van der Waals surface area contributed by atoms with Crippen LogP contribution in [0.25, 0.3) is 0 Å². The highest BCUT2D eigenvalue weighted by molar-refractivity contribution is 9.10. The quantitative estimate of drug-likeness (QED) is 0.881. The second kappa shape index (κ2) is 5.46. The number of nitrogens with zero attached hydrogens (tertiary/aromatic N) is 2. The molecule has 0 spiro atoms. The van der Waals surface area contributed by atoms with Crippen LogP contribution in [-0.4, -0.2) is 4.98 Å². The molecular formula is C13H10BrN3. The van der Waals surface area contributed by atoms with Crippen molar-refractivity contribution >= 4 is 21.6 Å². The lowest BCUT2D eigenvalue weighted by Crippen LogP contribution is -2.01. The van der Waals surface area contributed by atoms with Crippen LogP contribution in [0.15, 0.2) is 47.2 Å². The van der Waals surface area contributed by atoms with Crippen molar-refractivity contribution in [3.63, 3.8) is 0 Å². The van der Waals surface area contributed by atoms with Gasteiger partial charge in [0.05, 0.1) is 23.5 Å². The summed E-state index contributed by atoms with van der Waals surface area (Å²) in [5.41, 5.74) is 2.61. The van der Waals surface area contributed by atoms with Gasteiger partial charge in [0, 0.05) is 6.54 Å². The molecule has 3 nitrogen and oxygen atoms in total. The number of hydrogen-bond donors (Lipinski definition) is 1. The lowest BCUT2D eigenvalue weighted by Gasteiger charge is -2.07. The Morgan fingerprint density at radius 2 is 2.06 bits per heavy atom. The van der Waals surface area contributed by atoms with Gasteiger partial charge < -0.3 is 5.32 Å². The molecule has 2 rings (SSSR count). The van der Waals surface area contributed by atoms with Crippen LogP contribution < -0.4 is 5.32 Å². The molecule has 0 saturated carbocycles. The predicted octanol–water partition coefficient (Wildman–Crippen LogP) is 3.33. The molecule has 84 valence electrons. The van der Waals surface area contributed by atoms with Crippen LogP contribution in [0.5, 0.6) is 0 Å². The average Bonchev–Trinajstić information content (AvgIpc) is 2.38. The predicted molar refractivity (Wildman–Crippen MR) is 70.4 cm³/mol. The summed E-state index contributed by atoms with van der Waals surface area (Å²) in [6.07, 6.45) is 1.75. The smallest absolute Gasteiger partial charge is 0.106 e. The molecule has 0 fully saturated rings. The number of hydrogen-bond acceptors (Lipinski definition) is 3. The van der Waals surface area contributed by atoms with Gasteiger partial charge >= 0.3 is 0 Å². The molecule has 4 heteroatoms. The van der Waals surface area contributed by atoms with Crippen molar-refractivity contribution in [2.75, 3.05) is 5.32 Å². The van der Waals surface area contributed by atoms with Gasteiger partial charge in [-0.15, -0.1) is 0 Å². The van der Waals surface area contributed by atoms with Gasteiger partial charge in [0.15, 0.2) is 0 Å². The van der Waals surface area contributed by atoms with Gasteiger partial charge in [0.2, 0.25) is 0 Å². The summed E-state index contributed by atoms with van der Waals surface area (Å²) in [5, 5.41) is 12.2. The molecule has 0 unspecified atom stereocenters. The van der Waals surface area contributed by atoms with E-state index in [1.54, 1.807) is 6.20 Å². The number of anilines is 1. The minimum absolute atomic E-state index is 0.618. The van der Waals surface area contributed by atoms with Crippen molar-refractivity contribution in [2.45, 2.75) is 6.54 Å². The molecule has 0 saturated heterocycles. The summed E-state index contributed by atoms with van der Waals surface area (Å²) in [6.45, 7) is 0.618. The molecule has 1 N–H and O–H groups in total. The number of nitriles is 1. The fourth-order valence-electron chi connectivity index (χ4n) is 1.46. The van der Waals surface area contributed by atoms with Crippen LogP contribution in [0.2, 0.25) is 0 Å². The van der Waals surface area contributed by atoms with Crippen LogP contribution >= 0.6 is 15.9 Å². The number of pyridine rings is 1. The van der Waals surface area contributed by atoms with Gasteiger partial charge in [0.25, 0.3) is 0 Å². The summed E-state index contributed by atoms with van der Waals surface area (Å²) in [5.74, 6) is 0. The van der Waals surface area contributed by atoms with Crippen LogP contribution in [0.1, 0.15) is 11.1 Å². The number of halogens is 1. The summed E-state index contributed by atoms with van der Waals surface area (Å²) in [7, 11) is 0. The van der Waals surface area contributed by atoms with Crippen LogP contribution in [-0.2, 0) is 6.54 Å². The Labute approximate surface area is 108 Å². The third-order valence-electron chi connectivity index (χ3n) is 2.35. The van der Waals surface area contributed by atoms with Gasteiger partial charge in [-0.1, -0.05) is 18.2 Å². The van der Waals surface area contributed by atoms with E-state index in [-0.39, 0.29) is 0 Å². The van der Waals surface area contributed by atoms with E-state index in [1.807, 2.05) is 36.4 Å². The summed E-state index contributed by atoms with van der Waals surface area (Å²) < 4.78 is 0.806. The van der Waals surface area contributed by atoms with E-state index in [0.717, 1.165) is 15.9 Å². The van der Waals surface area contributed by atoms with Crippen molar-refractivity contribution < 1.29 is 0 Å².